The molecule has 0 heterocycles. The average Bonchev–Trinajstić information content (AvgIpc) is 3.23. The van der Waals surface area contributed by atoms with Crippen molar-refractivity contribution in [2.24, 2.45) is 0 Å². The van der Waals surface area contributed by atoms with Crippen LogP contribution in [-0.2, 0) is 28.6 Å². The fourth-order valence-electron chi connectivity index (χ4n) is 7.79. The Morgan fingerprint density at radius 2 is 0.559 bits per heavy atom. The zero-order chi connectivity index (χ0) is 43.0. The molecule has 0 spiro atoms. The summed E-state index contributed by atoms with van der Waals surface area (Å²) in [5.74, 6) is -0.855. The maximum absolute atomic E-state index is 12.8. The monoisotopic (exact) mass is 833 g/mol. The molecule has 0 aromatic carbocycles. The van der Waals surface area contributed by atoms with E-state index in [-0.39, 0.29) is 31.1 Å². The number of ether oxygens (including phenoxy) is 3. The zero-order valence-electron chi connectivity index (χ0n) is 39.8. The molecule has 0 aliphatic carbocycles. The second kappa shape index (κ2) is 48.8. The fourth-order valence-corrected chi connectivity index (χ4v) is 7.79. The first-order valence-electron chi connectivity index (χ1n) is 26.2. The predicted octanol–water partition coefficient (Wildman–Crippen LogP) is 17.0. The first kappa shape index (κ1) is 57.1. The van der Waals surface area contributed by atoms with Gasteiger partial charge in [0.2, 0.25) is 0 Å². The first-order valence-corrected chi connectivity index (χ1v) is 26.2. The molecule has 348 valence electrons. The summed E-state index contributed by atoms with van der Waals surface area (Å²) < 4.78 is 16.8. The number of allylic oxidation sites excluding steroid dienone is 2. The molecule has 0 unspecified atom stereocenters. The summed E-state index contributed by atoms with van der Waals surface area (Å²) in [6.45, 7) is 6.66. The summed E-state index contributed by atoms with van der Waals surface area (Å²) in [6, 6.07) is 0. The third kappa shape index (κ3) is 47.1. The molecule has 0 rings (SSSR count). The van der Waals surface area contributed by atoms with Crippen molar-refractivity contribution in [3.63, 3.8) is 0 Å². The van der Waals surface area contributed by atoms with Crippen LogP contribution in [0.5, 0.6) is 0 Å². The van der Waals surface area contributed by atoms with Crippen molar-refractivity contribution in [1.82, 2.24) is 0 Å². The predicted molar refractivity (Wildman–Crippen MR) is 252 cm³/mol. The lowest BCUT2D eigenvalue weighted by Crippen LogP contribution is -2.30. The molecule has 6 heteroatoms. The van der Waals surface area contributed by atoms with E-state index < -0.39 is 6.10 Å². The summed E-state index contributed by atoms with van der Waals surface area (Å²) in [6.07, 6.45) is 53.3. The van der Waals surface area contributed by atoms with E-state index >= 15 is 0 Å². The van der Waals surface area contributed by atoms with Gasteiger partial charge in [0.1, 0.15) is 13.2 Å². The standard InChI is InChI=1S/C53H100O6/c1-4-7-10-13-16-19-22-24-25-26-27-29-31-34-37-40-43-46-52(55)58-49-50(48-57-51(54)45-42-39-36-33-30-21-18-15-12-9-6-3)59-53(56)47-44-41-38-35-32-28-23-20-17-14-11-8-5-2/h24-25,50H,4-23,26-49H2,1-3H3/b25-24-/t50-/m0/s1. The summed E-state index contributed by atoms with van der Waals surface area (Å²) in [5, 5.41) is 0. The molecule has 0 saturated carbocycles. The topological polar surface area (TPSA) is 78.9 Å². The molecule has 59 heavy (non-hydrogen) atoms. The highest BCUT2D eigenvalue weighted by molar-refractivity contribution is 5.71. The Kier molecular flexibility index (Phi) is 47.3. The van der Waals surface area contributed by atoms with Crippen LogP contribution >= 0.6 is 0 Å². The molecule has 0 saturated heterocycles. The fraction of sp³-hybridized carbons (Fsp3) is 0.906. The molecule has 6 nitrogen and oxygen atoms in total. The number of hydrogen-bond donors (Lipinski definition) is 0. The molecular weight excluding hydrogens is 733 g/mol. The van der Waals surface area contributed by atoms with Gasteiger partial charge in [0, 0.05) is 19.3 Å². The van der Waals surface area contributed by atoms with Crippen molar-refractivity contribution in [3.8, 4) is 0 Å². The number of carbonyl (C=O) groups is 3. The Balaban J connectivity index is 4.30. The van der Waals surface area contributed by atoms with Gasteiger partial charge in [0.05, 0.1) is 0 Å². The first-order chi connectivity index (χ1) is 29.0. The van der Waals surface area contributed by atoms with Gasteiger partial charge in [-0.05, 0) is 44.9 Å². The van der Waals surface area contributed by atoms with E-state index in [0.29, 0.717) is 19.3 Å². The van der Waals surface area contributed by atoms with Crippen molar-refractivity contribution >= 4 is 17.9 Å². The lowest BCUT2D eigenvalue weighted by molar-refractivity contribution is -0.167. The van der Waals surface area contributed by atoms with Gasteiger partial charge in [-0.3, -0.25) is 14.4 Å². The second-order valence-electron chi connectivity index (χ2n) is 17.8. The zero-order valence-corrected chi connectivity index (χ0v) is 39.8. The highest BCUT2D eigenvalue weighted by atomic mass is 16.6. The molecule has 0 amide bonds. The van der Waals surface area contributed by atoms with E-state index in [0.717, 1.165) is 57.8 Å². The Labute approximate surface area is 367 Å². The third-order valence-electron chi connectivity index (χ3n) is 11.8. The van der Waals surface area contributed by atoms with E-state index in [1.165, 1.54) is 193 Å². The van der Waals surface area contributed by atoms with Crippen LogP contribution < -0.4 is 0 Å². The lowest BCUT2D eigenvalue weighted by Gasteiger charge is -2.18. The highest BCUT2D eigenvalue weighted by Crippen LogP contribution is 2.16. The smallest absolute Gasteiger partial charge is 0.306 e. The van der Waals surface area contributed by atoms with Gasteiger partial charge in [-0.25, -0.2) is 0 Å². The van der Waals surface area contributed by atoms with Crippen molar-refractivity contribution in [2.75, 3.05) is 13.2 Å². The van der Waals surface area contributed by atoms with Gasteiger partial charge < -0.3 is 14.2 Å². The lowest BCUT2D eigenvalue weighted by atomic mass is 10.0. The van der Waals surface area contributed by atoms with E-state index in [2.05, 4.69) is 32.9 Å². The van der Waals surface area contributed by atoms with Crippen LogP contribution in [0.15, 0.2) is 12.2 Å². The van der Waals surface area contributed by atoms with Crippen LogP contribution in [0.25, 0.3) is 0 Å². The van der Waals surface area contributed by atoms with Gasteiger partial charge in [0.15, 0.2) is 6.10 Å². The largest absolute Gasteiger partial charge is 0.462 e. The van der Waals surface area contributed by atoms with Gasteiger partial charge in [-0.2, -0.15) is 0 Å². The van der Waals surface area contributed by atoms with Gasteiger partial charge in [0.25, 0.3) is 0 Å². The maximum atomic E-state index is 12.8. The van der Waals surface area contributed by atoms with Crippen LogP contribution in [0.1, 0.15) is 290 Å². The van der Waals surface area contributed by atoms with E-state index in [1.807, 2.05) is 0 Å². The average molecular weight is 833 g/mol. The van der Waals surface area contributed by atoms with Gasteiger partial charge in [-0.15, -0.1) is 0 Å². The van der Waals surface area contributed by atoms with Gasteiger partial charge >= 0.3 is 17.9 Å². The van der Waals surface area contributed by atoms with E-state index in [9.17, 15) is 14.4 Å². The summed E-state index contributed by atoms with van der Waals surface area (Å²) in [7, 11) is 0. The summed E-state index contributed by atoms with van der Waals surface area (Å²) >= 11 is 0. The molecule has 0 N–H and O–H groups in total. The molecule has 0 aromatic rings. The van der Waals surface area contributed by atoms with E-state index in [1.54, 1.807) is 0 Å². The number of carbonyl (C=O) groups excluding carboxylic acids is 3. The number of unbranched alkanes of at least 4 members (excludes halogenated alkanes) is 35. The van der Waals surface area contributed by atoms with Crippen LogP contribution in [-0.4, -0.2) is 37.2 Å². The van der Waals surface area contributed by atoms with Crippen molar-refractivity contribution < 1.29 is 28.6 Å². The van der Waals surface area contributed by atoms with Gasteiger partial charge in [-0.1, -0.05) is 238 Å². The molecule has 1 atom stereocenters. The molecule has 0 aliphatic heterocycles. The van der Waals surface area contributed by atoms with Crippen LogP contribution in [0.4, 0.5) is 0 Å². The molecule has 0 aromatic heterocycles. The molecule has 0 aliphatic rings. The van der Waals surface area contributed by atoms with Crippen LogP contribution in [0, 0.1) is 0 Å². The van der Waals surface area contributed by atoms with Crippen LogP contribution in [0.2, 0.25) is 0 Å². The minimum atomic E-state index is -0.764. The number of rotatable bonds is 48. The number of esters is 3. The molecule has 0 fully saturated rings. The van der Waals surface area contributed by atoms with Crippen molar-refractivity contribution in [3.05, 3.63) is 12.2 Å². The third-order valence-corrected chi connectivity index (χ3v) is 11.8. The second-order valence-corrected chi connectivity index (χ2v) is 17.8. The van der Waals surface area contributed by atoms with Crippen molar-refractivity contribution in [2.45, 2.75) is 297 Å². The SMILES string of the molecule is CCCCCCCC/C=C\CCCCCCCCCC(=O)OC[C@H](COC(=O)CCCCCCCCCCCCC)OC(=O)CCCCCCCCCCCCCCC. The maximum Gasteiger partial charge on any atom is 0.306 e. The van der Waals surface area contributed by atoms with Crippen LogP contribution in [0.3, 0.4) is 0 Å². The minimum Gasteiger partial charge on any atom is -0.462 e. The summed E-state index contributed by atoms with van der Waals surface area (Å²) in [5.41, 5.74) is 0. The Morgan fingerprint density at radius 1 is 0.322 bits per heavy atom. The molecular formula is C53H100O6. The number of hydrogen-bond acceptors (Lipinski definition) is 6. The Morgan fingerprint density at radius 3 is 0.847 bits per heavy atom. The summed E-state index contributed by atoms with van der Waals surface area (Å²) in [4.78, 5) is 37.9. The minimum absolute atomic E-state index is 0.0661. The Bertz CT molecular complexity index is 916. The quantitative estimate of drug-likeness (QED) is 0.0263. The van der Waals surface area contributed by atoms with E-state index in [4.69, 9.17) is 14.2 Å². The van der Waals surface area contributed by atoms with Crippen molar-refractivity contribution in [1.29, 1.82) is 0 Å². The molecule has 0 radical (unpaired) electrons. The normalized spacial score (nSPS) is 12.0. The molecule has 0 bridgehead atoms. The Hall–Kier alpha value is -1.85. The highest BCUT2D eigenvalue weighted by Gasteiger charge is 2.19.